The normalized spacial score (nSPS) is 14.6. The number of thiazole rings is 1. The number of hydrogen-bond donors (Lipinski definition) is 1. The molecule has 0 spiro atoms. The second-order valence-corrected chi connectivity index (χ2v) is 5.99. The van der Waals surface area contributed by atoms with Gasteiger partial charge in [-0.15, -0.1) is 11.3 Å². The summed E-state index contributed by atoms with van der Waals surface area (Å²) in [5, 5.41) is 2.87. The highest BCUT2D eigenvalue weighted by Gasteiger charge is 2.20. The fourth-order valence-electron chi connectivity index (χ4n) is 2.15. The number of carbonyl (C=O) groups is 1. The van der Waals surface area contributed by atoms with Gasteiger partial charge >= 0.3 is 0 Å². The Morgan fingerprint density at radius 2 is 2.15 bits per heavy atom. The molecule has 0 atom stereocenters. The van der Waals surface area contributed by atoms with Gasteiger partial charge < -0.3 is 10.2 Å². The smallest absolute Gasteiger partial charge is 0.268 e. The van der Waals surface area contributed by atoms with E-state index in [9.17, 15) is 4.79 Å². The van der Waals surface area contributed by atoms with Crippen molar-refractivity contribution in [2.75, 3.05) is 23.3 Å². The first kappa shape index (κ1) is 13.4. The van der Waals surface area contributed by atoms with E-state index in [4.69, 9.17) is 0 Å². The van der Waals surface area contributed by atoms with E-state index in [1.54, 1.807) is 11.7 Å². The Bertz CT molecular complexity index is 626. The molecule has 104 valence electrons. The highest BCUT2D eigenvalue weighted by Crippen LogP contribution is 2.27. The lowest BCUT2D eigenvalue weighted by atomic mass is 10.4. The topological polar surface area (TPSA) is 71.0 Å². The van der Waals surface area contributed by atoms with Crippen LogP contribution in [0.3, 0.4) is 0 Å². The number of nitrogens with zero attached hydrogens (tertiary/aromatic N) is 4. The average molecular weight is 354 g/mol. The maximum absolute atomic E-state index is 12.2. The highest BCUT2D eigenvalue weighted by molar-refractivity contribution is 9.10. The zero-order valence-electron chi connectivity index (χ0n) is 10.5. The minimum atomic E-state index is -0.199. The molecule has 1 fully saturated rings. The Morgan fingerprint density at radius 1 is 1.35 bits per heavy atom. The van der Waals surface area contributed by atoms with Crippen molar-refractivity contribution in [3.8, 4) is 0 Å². The van der Waals surface area contributed by atoms with Crippen molar-refractivity contribution in [3.05, 3.63) is 27.5 Å². The molecular weight excluding hydrogens is 342 g/mol. The summed E-state index contributed by atoms with van der Waals surface area (Å²) in [6.07, 6.45) is 5.44. The zero-order chi connectivity index (χ0) is 13.9. The van der Waals surface area contributed by atoms with Gasteiger partial charge in [0.2, 0.25) is 0 Å². The fraction of sp³-hybridized carbons (Fsp3) is 0.333. The number of aromatic nitrogens is 3. The summed E-state index contributed by atoms with van der Waals surface area (Å²) in [5.74, 6) is 0.584. The maximum Gasteiger partial charge on any atom is 0.268 e. The number of carbonyl (C=O) groups excluding carboxylic acids is 1. The molecule has 3 heterocycles. The lowest BCUT2D eigenvalue weighted by Crippen LogP contribution is -2.22. The van der Waals surface area contributed by atoms with Crippen LogP contribution < -0.4 is 10.2 Å². The first-order valence-electron chi connectivity index (χ1n) is 6.21. The lowest BCUT2D eigenvalue weighted by molar-refractivity contribution is 0.102. The molecule has 8 heteroatoms. The summed E-state index contributed by atoms with van der Waals surface area (Å²) in [4.78, 5) is 27.2. The standard InChI is InChI=1S/C12H12BrN5OS/c13-10-9(20-7-16-10)12(19)17-8-5-14-6-15-11(8)18-3-1-2-4-18/h5-7H,1-4H2,(H,17,19). The minimum absolute atomic E-state index is 0.199. The van der Waals surface area contributed by atoms with E-state index < -0.39 is 0 Å². The molecule has 0 radical (unpaired) electrons. The zero-order valence-corrected chi connectivity index (χ0v) is 12.9. The molecule has 1 aliphatic heterocycles. The van der Waals surface area contributed by atoms with Crippen LogP contribution in [-0.2, 0) is 0 Å². The third-order valence-corrected chi connectivity index (χ3v) is 4.76. The summed E-state index contributed by atoms with van der Waals surface area (Å²) >= 11 is 4.55. The molecule has 0 unspecified atom stereocenters. The number of hydrogen-bond acceptors (Lipinski definition) is 6. The van der Waals surface area contributed by atoms with E-state index in [2.05, 4.69) is 41.1 Å². The molecule has 2 aromatic heterocycles. The molecule has 1 saturated heterocycles. The van der Waals surface area contributed by atoms with Gasteiger partial charge in [0.15, 0.2) is 5.82 Å². The van der Waals surface area contributed by atoms with Gasteiger partial charge in [0.05, 0.1) is 11.7 Å². The summed E-state index contributed by atoms with van der Waals surface area (Å²) in [7, 11) is 0. The third kappa shape index (κ3) is 2.66. The first-order chi connectivity index (χ1) is 9.75. The van der Waals surface area contributed by atoms with Gasteiger partial charge in [-0.1, -0.05) is 0 Å². The van der Waals surface area contributed by atoms with E-state index in [1.165, 1.54) is 17.7 Å². The number of anilines is 2. The largest absolute Gasteiger partial charge is 0.355 e. The van der Waals surface area contributed by atoms with E-state index in [0.29, 0.717) is 15.2 Å². The van der Waals surface area contributed by atoms with Crippen LogP contribution in [0, 0.1) is 0 Å². The monoisotopic (exact) mass is 353 g/mol. The predicted octanol–water partition coefficient (Wildman–Crippen LogP) is 2.55. The van der Waals surface area contributed by atoms with Crippen LogP contribution in [0.2, 0.25) is 0 Å². The van der Waals surface area contributed by atoms with E-state index in [0.717, 1.165) is 31.7 Å². The molecule has 0 aliphatic carbocycles. The van der Waals surface area contributed by atoms with Crippen molar-refractivity contribution in [1.82, 2.24) is 15.0 Å². The summed E-state index contributed by atoms with van der Waals surface area (Å²) in [6, 6.07) is 0. The first-order valence-corrected chi connectivity index (χ1v) is 7.88. The molecule has 6 nitrogen and oxygen atoms in total. The molecule has 1 aliphatic rings. The summed E-state index contributed by atoms with van der Waals surface area (Å²) in [5.41, 5.74) is 2.27. The SMILES string of the molecule is O=C(Nc1cncnc1N1CCCC1)c1scnc1Br. The molecule has 3 rings (SSSR count). The van der Waals surface area contributed by atoms with Crippen molar-refractivity contribution >= 4 is 44.7 Å². The molecule has 1 N–H and O–H groups in total. The van der Waals surface area contributed by atoms with Crippen LogP contribution in [-0.4, -0.2) is 33.9 Å². The molecule has 0 bridgehead atoms. The summed E-state index contributed by atoms with van der Waals surface area (Å²) < 4.78 is 0.555. The summed E-state index contributed by atoms with van der Waals surface area (Å²) in [6.45, 7) is 1.92. The Morgan fingerprint density at radius 3 is 2.85 bits per heavy atom. The van der Waals surface area contributed by atoms with Crippen LogP contribution in [0.25, 0.3) is 0 Å². The van der Waals surface area contributed by atoms with Gasteiger partial charge in [0, 0.05) is 13.1 Å². The van der Waals surface area contributed by atoms with Crippen LogP contribution in [0.15, 0.2) is 22.6 Å². The Kier molecular flexibility index (Phi) is 3.93. The van der Waals surface area contributed by atoms with Crippen molar-refractivity contribution in [2.45, 2.75) is 12.8 Å². The molecule has 0 aromatic carbocycles. The number of rotatable bonds is 3. The maximum atomic E-state index is 12.2. The van der Waals surface area contributed by atoms with Gasteiger partial charge in [0.25, 0.3) is 5.91 Å². The van der Waals surface area contributed by atoms with Crippen LogP contribution >= 0.6 is 27.3 Å². The number of halogens is 1. The van der Waals surface area contributed by atoms with Crippen LogP contribution in [0.5, 0.6) is 0 Å². The van der Waals surface area contributed by atoms with Crippen LogP contribution in [0.1, 0.15) is 22.5 Å². The van der Waals surface area contributed by atoms with Crippen molar-refractivity contribution < 1.29 is 4.79 Å². The Labute approximate surface area is 128 Å². The van der Waals surface area contributed by atoms with Crippen molar-refractivity contribution in [2.24, 2.45) is 0 Å². The van der Waals surface area contributed by atoms with Gasteiger partial charge in [-0.05, 0) is 28.8 Å². The fourth-order valence-corrected chi connectivity index (χ4v) is 3.42. The van der Waals surface area contributed by atoms with Crippen LogP contribution in [0.4, 0.5) is 11.5 Å². The number of nitrogens with one attached hydrogen (secondary N) is 1. The Hall–Kier alpha value is -1.54. The van der Waals surface area contributed by atoms with Crippen molar-refractivity contribution in [3.63, 3.8) is 0 Å². The van der Waals surface area contributed by atoms with E-state index in [-0.39, 0.29) is 5.91 Å². The minimum Gasteiger partial charge on any atom is -0.355 e. The quantitative estimate of drug-likeness (QED) is 0.917. The molecule has 20 heavy (non-hydrogen) atoms. The molecule has 2 aromatic rings. The second-order valence-electron chi connectivity index (χ2n) is 4.38. The Balaban J connectivity index is 1.84. The molecule has 0 saturated carbocycles. The highest BCUT2D eigenvalue weighted by atomic mass is 79.9. The van der Waals surface area contributed by atoms with Gasteiger partial charge in [-0.3, -0.25) is 4.79 Å². The average Bonchev–Trinajstić information content (AvgIpc) is 3.10. The van der Waals surface area contributed by atoms with Crippen molar-refractivity contribution in [1.29, 1.82) is 0 Å². The second kappa shape index (κ2) is 5.84. The lowest BCUT2D eigenvalue weighted by Gasteiger charge is -2.19. The molecular formula is C12H12BrN5OS. The van der Waals surface area contributed by atoms with E-state index >= 15 is 0 Å². The predicted molar refractivity (Wildman–Crippen MR) is 81.2 cm³/mol. The molecule has 1 amide bonds. The third-order valence-electron chi connectivity index (χ3n) is 3.08. The van der Waals surface area contributed by atoms with Gasteiger partial charge in [0.1, 0.15) is 21.5 Å². The number of amides is 1. The van der Waals surface area contributed by atoms with Gasteiger partial charge in [-0.25, -0.2) is 15.0 Å². The van der Waals surface area contributed by atoms with Gasteiger partial charge in [-0.2, -0.15) is 0 Å². The van der Waals surface area contributed by atoms with E-state index in [1.807, 2.05) is 0 Å².